The lowest BCUT2D eigenvalue weighted by Gasteiger charge is -2.23. The normalized spacial score (nSPS) is 25.8. The molecule has 0 bridgehead atoms. The highest BCUT2D eigenvalue weighted by Gasteiger charge is 2.30. The topological polar surface area (TPSA) is 26.7 Å². The Labute approximate surface area is 110 Å². The number of anilines is 1. The molecule has 2 rings (SSSR count). The van der Waals surface area contributed by atoms with Gasteiger partial charge in [0.1, 0.15) is 0 Å². The van der Waals surface area contributed by atoms with Crippen molar-refractivity contribution in [3.05, 3.63) is 29.8 Å². The minimum Gasteiger partial charge on any atom is -0.389 e. The van der Waals surface area contributed by atoms with Crippen LogP contribution in [0.25, 0.3) is 0 Å². The molecule has 1 aromatic rings. The third-order valence-corrected chi connectivity index (χ3v) is 3.98. The molecule has 3 atom stereocenters. The van der Waals surface area contributed by atoms with E-state index in [0.29, 0.717) is 12.0 Å². The highest BCUT2D eigenvalue weighted by molar-refractivity contribution is 5.49. The summed E-state index contributed by atoms with van der Waals surface area (Å²) in [6, 6.07) is 8.91. The molecule has 100 valence electrons. The minimum atomic E-state index is -0.383. The first-order valence-electron chi connectivity index (χ1n) is 6.68. The Morgan fingerprint density at radius 2 is 1.83 bits per heavy atom. The van der Waals surface area contributed by atoms with Gasteiger partial charge in [-0.2, -0.15) is 0 Å². The van der Waals surface area contributed by atoms with Gasteiger partial charge in [-0.3, -0.25) is 0 Å². The van der Waals surface area contributed by atoms with Crippen molar-refractivity contribution in [3.63, 3.8) is 0 Å². The van der Waals surface area contributed by atoms with Crippen molar-refractivity contribution in [1.29, 1.82) is 0 Å². The van der Waals surface area contributed by atoms with Crippen molar-refractivity contribution in [2.45, 2.75) is 26.0 Å². The highest BCUT2D eigenvalue weighted by atomic mass is 16.3. The average molecular weight is 248 g/mol. The maximum Gasteiger partial charge on any atom is 0.0761 e. The Balaban J connectivity index is 2.09. The summed E-state index contributed by atoms with van der Waals surface area (Å²) in [6.45, 7) is 6.31. The smallest absolute Gasteiger partial charge is 0.0761 e. The number of aliphatic hydroxyl groups excluding tert-OH is 1. The van der Waals surface area contributed by atoms with Crippen LogP contribution in [0.1, 0.15) is 25.5 Å². The van der Waals surface area contributed by atoms with Crippen LogP contribution >= 0.6 is 0 Å². The van der Waals surface area contributed by atoms with Gasteiger partial charge < -0.3 is 14.9 Å². The first-order chi connectivity index (χ1) is 8.49. The number of aliphatic hydroxyl groups is 1. The summed E-state index contributed by atoms with van der Waals surface area (Å²) in [5.74, 6) is 0.691. The summed E-state index contributed by atoms with van der Waals surface area (Å²) in [7, 11) is 4.31. The second kappa shape index (κ2) is 5.29. The lowest BCUT2D eigenvalue weighted by molar-refractivity contribution is 0.199. The van der Waals surface area contributed by atoms with E-state index >= 15 is 0 Å². The summed E-state index contributed by atoms with van der Waals surface area (Å²) in [5.41, 5.74) is 2.24. The molecule has 1 saturated heterocycles. The number of nitrogens with zero attached hydrogens (tertiary/aromatic N) is 2. The first-order valence-corrected chi connectivity index (χ1v) is 6.68. The molecule has 3 heteroatoms. The Bertz CT molecular complexity index is 386. The van der Waals surface area contributed by atoms with Gasteiger partial charge in [-0.05, 0) is 44.6 Å². The van der Waals surface area contributed by atoms with Crippen molar-refractivity contribution in [1.82, 2.24) is 4.90 Å². The van der Waals surface area contributed by atoms with Gasteiger partial charge in [0, 0.05) is 24.8 Å². The second-order valence-electron chi connectivity index (χ2n) is 5.68. The average Bonchev–Trinajstić information content (AvgIpc) is 2.71. The molecule has 1 aromatic carbocycles. The lowest BCUT2D eigenvalue weighted by Crippen LogP contribution is -2.34. The Morgan fingerprint density at radius 3 is 2.28 bits per heavy atom. The summed E-state index contributed by atoms with van der Waals surface area (Å²) < 4.78 is 0. The van der Waals surface area contributed by atoms with Gasteiger partial charge in [0.05, 0.1) is 6.10 Å². The van der Waals surface area contributed by atoms with E-state index in [1.165, 1.54) is 5.69 Å². The van der Waals surface area contributed by atoms with E-state index in [9.17, 15) is 5.11 Å². The van der Waals surface area contributed by atoms with Gasteiger partial charge in [0.15, 0.2) is 0 Å². The molecule has 1 aliphatic heterocycles. The molecule has 2 unspecified atom stereocenters. The van der Waals surface area contributed by atoms with E-state index in [1.54, 1.807) is 6.92 Å². The molecule has 1 heterocycles. The minimum absolute atomic E-state index is 0.383. The Hall–Kier alpha value is -1.06. The maximum atomic E-state index is 9.52. The van der Waals surface area contributed by atoms with Crippen LogP contribution in [0.2, 0.25) is 0 Å². The summed E-state index contributed by atoms with van der Waals surface area (Å²) in [6.07, 6.45) is -0.383. The van der Waals surface area contributed by atoms with Crippen LogP contribution in [-0.4, -0.2) is 43.2 Å². The third kappa shape index (κ3) is 2.68. The second-order valence-corrected chi connectivity index (χ2v) is 5.68. The zero-order valence-corrected chi connectivity index (χ0v) is 11.8. The van der Waals surface area contributed by atoms with Crippen molar-refractivity contribution in [3.8, 4) is 0 Å². The molecule has 0 saturated carbocycles. The van der Waals surface area contributed by atoms with E-state index in [1.807, 2.05) is 12.1 Å². The molecule has 18 heavy (non-hydrogen) atoms. The van der Waals surface area contributed by atoms with Gasteiger partial charge in [-0.25, -0.2) is 0 Å². The quantitative estimate of drug-likeness (QED) is 0.887. The fourth-order valence-electron chi connectivity index (χ4n) is 2.80. The molecule has 1 fully saturated rings. The third-order valence-electron chi connectivity index (χ3n) is 3.98. The van der Waals surface area contributed by atoms with Crippen LogP contribution in [0, 0.1) is 5.92 Å². The number of hydrogen-bond donors (Lipinski definition) is 1. The van der Waals surface area contributed by atoms with Gasteiger partial charge >= 0.3 is 0 Å². The lowest BCUT2D eigenvalue weighted by atomic mass is 10.1. The summed E-state index contributed by atoms with van der Waals surface area (Å²) in [5, 5.41) is 9.52. The molecule has 0 radical (unpaired) electrons. The molecular formula is C15H24N2O. The number of benzene rings is 1. The molecular weight excluding hydrogens is 224 g/mol. The number of likely N-dealkylation sites (N-methyl/N-ethyl adjacent to an activating group) is 1. The summed E-state index contributed by atoms with van der Waals surface area (Å²) >= 11 is 0. The Morgan fingerprint density at radius 1 is 1.22 bits per heavy atom. The van der Waals surface area contributed by atoms with Crippen LogP contribution in [0.4, 0.5) is 5.69 Å². The molecule has 1 N–H and O–H groups in total. The zero-order valence-electron chi connectivity index (χ0n) is 11.8. The standard InChI is InChI=1S/C15H24N2O/c1-11-9-17(10-15(11)16(3)4)14-7-5-13(6-8-14)12(2)18/h5-8,11-12,15,18H,9-10H2,1-4H3/t11?,12-,15?/m0/s1. The van der Waals surface area contributed by atoms with Crippen molar-refractivity contribution < 1.29 is 5.11 Å². The van der Waals surface area contributed by atoms with E-state index < -0.39 is 0 Å². The fourth-order valence-corrected chi connectivity index (χ4v) is 2.80. The molecule has 0 aliphatic carbocycles. The predicted molar refractivity (Wildman–Crippen MR) is 75.9 cm³/mol. The van der Waals surface area contributed by atoms with E-state index in [2.05, 4.69) is 43.0 Å². The number of hydrogen-bond acceptors (Lipinski definition) is 3. The zero-order chi connectivity index (χ0) is 13.3. The fraction of sp³-hybridized carbons (Fsp3) is 0.600. The van der Waals surface area contributed by atoms with Crippen LogP contribution < -0.4 is 4.90 Å². The predicted octanol–water partition coefficient (Wildman–Crippen LogP) is 2.13. The van der Waals surface area contributed by atoms with Crippen LogP contribution in [0.15, 0.2) is 24.3 Å². The van der Waals surface area contributed by atoms with Gasteiger partial charge in [0.25, 0.3) is 0 Å². The van der Waals surface area contributed by atoms with Crippen LogP contribution in [0.5, 0.6) is 0 Å². The van der Waals surface area contributed by atoms with Crippen molar-refractivity contribution in [2.75, 3.05) is 32.1 Å². The van der Waals surface area contributed by atoms with Gasteiger partial charge in [-0.15, -0.1) is 0 Å². The number of rotatable bonds is 3. The largest absolute Gasteiger partial charge is 0.389 e. The van der Waals surface area contributed by atoms with E-state index in [0.717, 1.165) is 18.7 Å². The SMILES string of the molecule is CC1CN(c2ccc([C@H](C)O)cc2)CC1N(C)C. The molecule has 0 amide bonds. The van der Waals surface area contributed by atoms with Crippen LogP contribution in [-0.2, 0) is 0 Å². The molecule has 1 aliphatic rings. The molecule has 3 nitrogen and oxygen atoms in total. The molecule has 0 aromatic heterocycles. The van der Waals surface area contributed by atoms with Crippen LogP contribution in [0.3, 0.4) is 0 Å². The van der Waals surface area contributed by atoms with E-state index in [4.69, 9.17) is 0 Å². The van der Waals surface area contributed by atoms with Crippen molar-refractivity contribution in [2.24, 2.45) is 5.92 Å². The first kappa shape index (κ1) is 13.4. The summed E-state index contributed by atoms with van der Waals surface area (Å²) in [4.78, 5) is 4.75. The van der Waals surface area contributed by atoms with Gasteiger partial charge in [-0.1, -0.05) is 19.1 Å². The maximum absolute atomic E-state index is 9.52. The van der Waals surface area contributed by atoms with Gasteiger partial charge in [0.2, 0.25) is 0 Å². The highest BCUT2D eigenvalue weighted by Crippen LogP contribution is 2.27. The van der Waals surface area contributed by atoms with E-state index in [-0.39, 0.29) is 6.10 Å². The monoisotopic (exact) mass is 248 g/mol. The van der Waals surface area contributed by atoms with Crippen molar-refractivity contribution >= 4 is 5.69 Å². The Kier molecular flexibility index (Phi) is 3.93. The molecule has 0 spiro atoms.